The van der Waals surface area contributed by atoms with Crippen LogP contribution in [0.15, 0.2) is 6.33 Å². The van der Waals surface area contributed by atoms with E-state index in [2.05, 4.69) is 34.1 Å². The van der Waals surface area contributed by atoms with Gasteiger partial charge in [-0.25, -0.2) is 15.0 Å². The average molecular weight is 206 g/mol. The molecule has 0 radical (unpaired) electrons. The van der Waals surface area contributed by atoms with E-state index >= 15 is 0 Å². The number of fused-ring (bicyclic) bond motifs is 1. The van der Waals surface area contributed by atoms with Gasteiger partial charge in [0.2, 0.25) is 5.95 Å². The minimum absolute atomic E-state index is 0.270. The molecular weight excluding hydrogens is 192 g/mol. The zero-order valence-corrected chi connectivity index (χ0v) is 9.02. The van der Waals surface area contributed by atoms with Gasteiger partial charge in [-0.05, 0) is 13.8 Å². The van der Waals surface area contributed by atoms with Crippen molar-refractivity contribution in [1.29, 1.82) is 0 Å². The summed E-state index contributed by atoms with van der Waals surface area (Å²) in [5.74, 6) is 1.17. The molecule has 0 unspecified atom stereocenters. The normalized spacial score (nSPS) is 11.2. The first-order chi connectivity index (χ1) is 7.15. The third kappa shape index (κ3) is 1.38. The summed E-state index contributed by atoms with van der Waals surface area (Å²) in [7, 11) is 1.82. The van der Waals surface area contributed by atoms with Gasteiger partial charge in [0.1, 0.15) is 6.33 Å². The molecule has 0 saturated heterocycles. The Morgan fingerprint density at radius 2 is 2.13 bits per heavy atom. The number of nitrogens with one attached hydrogen (secondary N) is 1. The van der Waals surface area contributed by atoms with Crippen LogP contribution in [-0.4, -0.2) is 26.6 Å². The number of imidazole rings is 1. The molecule has 0 aliphatic heterocycles. The van der Waals surface area contributed by atoms with E-state index in [0.717, 1.165) is 11.6 Å². The first-order valence-electron chi connectivity index (χ1n) is 4.81. The van der Waals surface area contributed by atoms with Crippen LogP contribution in [0.25, 0.3) is 11.2 Å². The molecule has 6 heteroatoms. The van der Waals surface area contributed by atoms with Crippen molar-refractivity contribution in [2.75, 3.05) is 18.1 Å². The van der Waals surface area contributed by atoms with Gasteiger partial charge in [0.05, 0.1) is 0 Å². The first kappa shape index (κ1) is 9.70. The van der Waals surface area contributed by atoms with Crippen molar-refractivity contribution in [1.82, 2.24) is 19.5 Å². The standard InChI is InChI=1S/C9H14N6/c1-5(2)15-8-6(14-9(15)11-3)7(10)12-4-13-8/h4-5H,1-3H3,(H,11,14)(H2,10,12,13). The molecule has 0 saturated carbocycles. The second-order valence-electron chi connectivity index (χ2n) is 3.58. The van der Waals surface area contributed by atoms with E-state index in [0.29, 0.717) is 11.3 Å². The Kier molecular flexibility index (Phi) is 2.18. The second-order valence-corrected chi connectivity index (χ2v) is 3.58. The summed E-state index contributed by atoms with van der Waals surface area (Å²) in [5, 5.41) is 3.02. The molecule has 0 fully saturated rings. The predicted octanol–water partition coefficient (Wildman–Crippen LogP) is 1.03. The van der Waals surface area contributed by atoms with Crippen molar-refractivity contribution < 1.29 is 0 Å². The van der Waals surface area contributed by atoms with E-state index in [9.17, 15) is 0 Å². The van der Waals surface area contributed by atoms with Crippen LogP contribution in [0.3, 0.4) is 0 Å². The largest absolute Gasteiger partial charge is 0.382 e. The molecule has 2 aromatic rings. The molecule has 3 N–H and O–H groups in total. The molecule has 0 atom stereocenters. The van der Waals surface area contributed by atoms with Gasteiger partial charge in [0, 0.05) is 13.1 Å². The van der Waals surface area contributed by atoms with Crippen LogP contribution in [0, 0.1) is 0 Å². The molecule has 2 rings (SSSR count). The molecule has 2 heterocycles. The highest BCUT2D eigenvalue weighted by Gasteiger charge is 2.15. The minimum Gasteiger partial charge on any atom is -0.382 e. The molecule has 15 heavy (non-hydrogen) atoms. The molecule has 0 aromatic carbocycles. The number of hydrogen-bond donors (Lipinski definition) is 2. The lowest BCUT2D eigenvalue weighted by Gasteiger charge is -2.10. The van der Waals surface area contributed by atoms with Crippen molar-refractivity contribution in [2.45, 2.75) is 19.9 Å². The van der Waals surface area contributed by atoms with Gasteiger partial charge in [0.15, 0.2) is 17.0 Å². The van der Waals surface area contributed by atoms with Crippen LogP contribution in [0.5, 0.6) is 0 Å². The molecule has 80 valence electrons. The number of hydrogen-bond acceptors (Lipinski definition) is 5. The van der Waals surface area contributed by atoms with Gasteiger partial charge in [-0.15, -0.1) is 0 Å². The fourth-order valence-electron chi connectivity index (χ4n) is 1.59. The highest BCUT2D eigenvalue weighted by atomic mass is 15.2. The van der Waals surface area contributed by atoms with Crippen LogP contribution in [0.2, 0.25) is 0 Å². The topological polar surface area (TPSA) is 81.7 Å². The summed E-state index contributed by atoms with van der Waals surface area (Å²) in [6.45, 7) is 4.14. The maximum atomic E-state index is 5.74. The Morgan fingerprint density at radius 3 is 2.73 bits per heavy atom. The molecule has 0 aliphatic carbocycles. The smallest absolute Gasteiger partial charge is 0.205 e. The number of nitrogens with zero attached hydrogens (tertiary/aromatic N) is 4. The Labute approximate surface area is 87.5 Å². The Bertz CT molecular complexity index is 487. The molecule has 0 amide bonds. The van der Waals surface area contributed by atoms with Gasteiger partial charge < -0.3 is 11.1 Å². The lowest BCUT2D eigenvalue weighted by molar-refractivity contribution is 0.619. The summed E-state index contributed by atoms with van der Waals surface area (Å²) in [6, 6.07) is 0.270. The summed E-state index contributed by atoms with van der Waals surface area (Å²) in [6.07, 6.45) is 1.46. The fourth-order valence-corrected chi connectivity index (χ4v) is 1.59. The molecule has 0 aliphatic rings. The maximum absolute atomic E-state index is 5.74. The SMILES string of the molecule is CNc1nc2c(N)ncnc2n1C(C)C. The minimum atomic E-state index is 0.270. The quantitative estimate of drug-likeness (QED) is 0.767. The van der Waals surface area contributed by atoms with Crippen LogP contribution in [0.4, 0.5) is 11.8 Å². The molecule has 0 spiro atoms. The molecule has 2 aromatic heterocycles. The highest BCUT2D eigenvalue weighted by Crippen LogP contribution is 2.24. The lowest BCUT2D eigenvalue weighted by Crippen LogP contribution is -2.06. The zero-order valence-electron chi connectivity index (χ0n) is 9.02. The first-order valence-corrected chi connectivity index (χ1v) is 4.81. The lowest BCUT2D eigenvalue weighted by atomic mass is 10.4. The van der Waals surface area contributed by atoms with E-state index < -0.39 is 0 Å². The van der Waals surface area contributed by atoms with E-state index in [1.54, 1.807) is 0 Å². The van der Waals surface area contributed by atoms with Crippen molar-refractivity contribution in [3.05, 3.63) is 6.33 Å². The molecule has 0 bridgehead atoms. The summed E-state index contributed by atoms with van der Waals surface area (Å²) in [5.41, 5.74) is 7.15. The molecule has 6 nitrogen and oxygen atoms in total. The third-order valence-corrected chi connectivity index (χ3v) is 2.25. The van der Waals surface area contributed by atoms with Crippen molar-refractivity contribution in [3.8, 4) is 0 Å². The predicted molar refractivity (Wildman–Crippen MR) is 59.7 cm³/mol. The van der Waals surface area contributed by atoms with Crippen molar-refractivity contribution >= 4 is 22.9 Å². The number of nitrogens with two attached hydrogens (primary N) is 1. The number of nitrogen functional groups attached to an aromatic ring is 1. The Hall–Kier alpha value is -1.85. The zero-order chi connectivity index (χ0) is 11.0. The van der Waals surface area contributed by atoms with Gasteiger partial charge >= 0.3 is 0 Å². The molecular formula is C9H14N6. The fraction of sp³-hybridized carbons (Fsp3) is 0.444. The number of anilines is 2. The van der Waals surface area contributed by atoms with Gasteiger partial charge in [-0.3, -0.25) is 4.57 Å². The van der Waals surface area contributed by atoms with Crippen molar-refractivity contribution in [2.24, 2.45) is 0 Å². The Morgan fingerprint density at radius 1 is 1.40 bits per heavy atom. The van der Waals surface area contributed by atoms with Gasteiger partial charge in [0.25, 0.3) is 0 Å². The van der Waals surface area contributed by atoms with Crippen LogP contribution < -0.4 is 11.1 Å². The van der Waals surface area contributed by atoms with Gasteiger partial charge in [-0.1, -0.05) is 0 Å². The van der Waals surface area contributed by atoms with E-state index in [1.165, 1.54) is 6.33 Å². The summed E-state index contributed by atoms with van der Waals surface area (Å²) < 4.78 is 1.99. The van der Waals surface area contributed by atoms with Crippen LogP contribution in [0.1, 0.15) is 19.9 Å². The van der Waals surface area contributed by atoms with Crippen molar-refractivity contribution in [3.63, 3.8) is 0 Å². The third-order valence-electron chi connectivity index (χ3n) is 2.25. The van der Waals surface area contributed by atoms with Crippen LogP contribution >= 0.6 is 0 Å². The highest BCUT2D eigenvalue weighted by molar-refractivity contribution is 5.83. The maximum Gasteiger partial charge on any atom is 0.205 e. The Balaban J connectivity index is 2.80. The monoisotopic (exact) mass is 206 g/mol. The number of aromatic nitrogens is 4. The summed E-state index contributed by atoms with van der Waals surface area (Å²) >= 11 is 0. The van der Waals surface area contributed by atoms with Gasteiger partial charge in [-0.2, -0.15) is 0 Å². The number of rotatable bonds is 2. The van der Waals surface area contributed by atoms with Crippen LogP contribution in [-0.2, 0) is 0 Å². The van der Waals surface area contributed by atoms with E-state index in [1.807, 2.05) is 11.6 Å². The van der Waals surface area contributed by atoms with E-state index in [4.69, 9.17) is 5.73 Å². The second kappa shape index (κ2) is 3.38. The van der Waals surface area contributed by atoms with E-state index in [-0.39, 0.29) is 6.04 Å². The summed E-state index contributed by atoms with van der Waals surface area (Å²) in [4.78, 5) is 12.5. The average Bonchev–Trinajstić information content (AvgIpc) is 2.57.